The number of unbranched alkanes of at least 4 members (excludes halogenated alkanes) is 1. The first-order chi connectivity index (χ1) is 13.7. The number of carbonyl (C=O) groups excluding carboxylic acids is 1. The molecule has 0 spiro atoms. The van der Waals surface area contributed by atoms with Gasteiger partial charge in [-0.2, -0.15) is 0 Å². The van der Waals surface area contributed by atoms with E-state index < -0.39 is 0 Å². The first-order valence-electron chi connectivity index (χ1n) is 9.38. The summed E-state index contributed by atoms with van der Waals surface area (Å²) in [5.74, 6) is 1.09. The number of nitrogens with one attached hydrogen (secondary N) is 2. The molecule has 0 atom stereocenters. The molecule has 0 unspecified atom stereocenters. The van der Waals surface area contributed by atoms with Crippen LogP contribution in [0.3, 0.4) is 0 Å². The zero-order valence-electron chi connectivity index (χ0n) is 16.4. The Morgan fingerprint density at radius 2 is 1.89 bits per heavy atom. The number of carbonyl (C=O) groups is 1. The Labute approximate surface area is 165 Å². The molecular weight excluding hydrogens is 360 g/mol. The van der Waals surface area contributed by atoms with E-state index in [2.05, 4.69) is 27.5 Å². The van der Waals surface area contributed by atoms with Crippen molar-refractivity contribution in [2.24, 2.45) is 0 Å². The van der Waals surface area contributed by atoms with Crippen molar-refractivity contribution in [1.82, 2.24) is 20.6 Å². The minimum absolute atomic E-state index is 0.274. The number of aromatic nitrogens is 2. The van der Waals surface area contributed by atoms with E-state index in [0.717, 1.165) is 24.0 Å². The van der Waals surface area contributed by atoms with E-state index in [1.807, 2.05) is 18.2 Å². The van der Waals surface area contributed by atoms with Crippen molar-refractivity contribution in [2.75, 3.05) is 26.9 Å². The molecule has 0 saturated carbocycles. The molecule has 0 radical (unpaired) electrons. The monoisotopic (exact) mass is 388 g/mol. The van der Waals surface area contributed by atoms with E-state index in [0.29, 0.717) is 44.7 Å². The second-order valence-corrected chi connectivity index (χ2v) is 6.05. The third kappa shape index (κ3) is 7.79. The van der Waals surface area contributed by atoms with E-state index in [-0.39, 0.29) is 6.03 Å². The molecule has 0 saturated heterocycles. The molecule has 2 rings (SSSR count). The molecule has 2 heterocycles. The highest BCUT2D eigenvalue weighted by atomic mass is 16.5. The van der Waals surface area contributed by atoms with Crippen molar-refractivity contribution in [2.45, 2.75) is 32.9 Å². The fourth-order valence-corrected chi connectivity index (χ4v) is 2.25. The van der Waals surface area contributed by atoms with Gasteiger partial charge >= 0.3 is 6.03 Å². The maximum Gasteiger partial charge on any atom is 0.315 e. The average molecular weight is 388 g/mol. The largest absolute Gasteiger partial charge is 0.477 e. The van der Waals surface area contributed by atoms with Crippen LogP contribution in [0.4, 0.5) is 4.79 Å². The summed E-state index contributed by atoms with van der Waals surface area (Å²) >= 11 is 0. The van der Waals surface area contributed by atoms with Gasteiger partial charge in [0.05, 0.1) is 13.2 Å². The summed E-state index contributed by atoms with van der Waals surface area (Å²) in [5, 5.41) is 5.62. The zero-order valence-corrected chi connectivity index (χ0v) is 16.4. The second kappa shape index (κ2) is 12.5. The quantitative estimate of drug-likeness (QED) is 0.543. The minimum atomic E-state index is -0.274. The van der Waals surface area contributed by atoms with E-state index in [1.54, 1.807) is 25.6 Å². The first-order valence-corrected chi connectivity index (χ1v) is 9.38. The highest BCUT2D eigenvalue weighted by Gasteiger charge is 2.07. The lowest BCUT2D eigenvalue weighted by atomic mass is 10.2. The van der Waals surface area contributed by atoms with E-state index in [9.17, 15) is 4.79 Å². The summed E-state index contributed by atoms with van der Waals surface area (Å²) in [4.78, 5) is 20.5. The van der Waals surface area contributed by atoms with Crippen LogP contribution >= 0.6 is 0 Å². The molecule has 0 bridgehead atoms. The third-order valence-electron chi connectivity index (χ3n) is 3.81. The highest BCUT2D eigenvalue weighted by Crippen LogP contribution is 2.14. The summed E-state index contributed by atoms with van der Waals surface area (Å²) < 4.78 is 16.0. The van der Waals surface area contributed by atoms with Crippen LogP contribution in [0.2, 0.25) is 0 Å². The molecule has 28 heavy (non-hydrogen) atoms. The fourth-order valence-electron chi connectivity index (χ4n) is 2.25. The second-order valence-electron chi connectivity index (χ2n) is 6.05. The van der Waals surface area contributed by atoms with Gasteiger partial charge in [-0.25, -0.2) is 14.8 Å². The maximum atomic E-state index is 12.1. The Morgan fingerprint density at radius 3 is 2.64 bits per heavy atom. The van der Waals surface area contributed by atoms with Gasteiger partial charge in [0.25, 0.3) is 0 Å². The van der Waals surface area contributed by atoms with Crippen molar-refractivity contribution in [3.8, 4) is 11.8 Å². The van der Waals surface area contributed by atoms with Gasteiger partial charge < -0.3 is 24.8 Å². The van der Waals surface area contributed by atoms with Gasteiger partial charge in [0.1, 0.15) is 6.61 Å². The average Bonchev–Trinajstić information content (AvgIpc) is 2.73. The fraction of sp³-hybridized carbons (Fsp3) is 0.450. The molecule has 0 aliphatic carbocycles. The van der Waals surface area contributed by atoms with Crippen LogP contribution < -0.4 is 20.1 Å². The molecule has 8 nitrogen and oxygen atoms in total. The van der Waals surface area contributed by atoms with Crippen LogP contribution in [0, 0.1) is 0 Å². The molecule has 0 aliphatic rings. The number of hydrogen-bond donors (Lipinski definition) is 2. The molecule has 2 amide bonds. The summed E-state index contributed by atoms with van der Waals surface area (Å²) in [5.41, 5.74) is 1.71. The van der Waals surface area contributed by atoms with Crippen LogP contribution in [0.15, 0.2) is 36.7 Å². The standard InChI is InChI=1S/C20H28N4O4/c1-3-4-10-28-19-17(6-5-9-21-19)15-24-20(25)23-14-16-7-8-18(22-13-16)27-12-11-26-2/h5-9,13H,3-4,10-12,14-15H2,1-2H3,(H2,23,24,25). The normalized spacial score (nSPS) is 10.4. The number of rotatable bonds is 12. The lowest BCUT2D eigenvalue weighted by molar-refractivity contribution is 0.143. The minimum Gasteiger partial charge on any atom is -0.477 e. The molecule has 2 aromatic rings. The highest BCUT2D eigenvalue weighted by molar-refractivity contribution is 5.73. The number of pyridine rings is 2. The molecule has 0 aromatic carbocycles. The third-order valence-corrected chi connectivity index (χ3v) is 3.81. The maximum absolute atomic E-state index is 12.1. The Morgan fingerprint density at radius 1 is 1.04 bits per heavy atom. The molecular formula is C20H28N4O4. The molecule has 0 fully saturated rings. The van der Waals surface area contributed by atoms with Gasteiger partial charge in [0.2, 0.25) is 11.8 Å². The van der Waals surface area contributed by atoms with Crippen molar-refractivity contribution in [1.29, 1.82) is 0 Å². The van der Waals surface area contributed by atoms with Crippen molar-refractivity contribution >= 4 is 6.03 Å². The van der Waals surface area contributed by atoms with Gasteiger partial charge in [-0.15, -0.1) is 0 Å². The Balaban J connectivity index is 1.74. The van der Waals surface area contributed by atoms with Gasteiger partial charge in [-0.05, 0) is 18.1 Å². The SMILES string of the molecule is CCCCOc1ncccc1CNC(=O)NCc1ccc(OCCOC)nc1. The number of ether oxygens (including phenoxy) is 3. The molecule has 152 valence electrons. The van der Waals surface area contributed by atoms with Crippen molar-refractivity contribution in [3.05, 3.63) is 47.8 Å². The van der Waals surface area contributed by atoms with Crippen molar-refractivity contribution in [3.63, 3.8) is 0 Å². The number of amides is 2. The van der Waals surface area contributed by atoms with Gasteiger partial charge in [0, 0.05) is 44.2 Å². The smallest absolute Gasteiger partial charge is 0.315 e. The van der Waals surface area contributed by atoms with Crippen LogP contribution in [-0.2, 0) is 17.8 Å². The van der Waals surface area contributed by atoms with Crippen LogP contribution in [0.25, 0.3) is 0 Å². The first kappa shape index (κ1) is 21.4. The number of nitrogens with zero attached hydrogens (tertiary/aromatic N) is 2. The lowest BCUT2D eigenvalue weighted by Gasteiger charge is -2.11. The van der Waals surface area contributed by atoms with Crippen LogP contribution in [-0.4, -0.2) is 42.9 Å². The summed E-state index contributed by atoms with van der Waals surface area (Å²) in [6.45, 7) is 4.38. The van der Waals surface area contributed by atoms with Gasteiger partial charge in [0.15, 0.2) is 0 Å². The molecule has 0 aliphatic heterocycles. The topological polar surface area (TPSA) is 94.6 Å². The summed E-state index contributed by atoms with van der Waals surface area (Å²) in [6.07, 6.45) is 5.37. The Bertz CT molecular complexity index is 710. The van der Waals surface area contributed by atoms with E-state index in [4.69, 9.17) is 14.2 Å². The van der Waals surface area contributed by atoms with E-state index >= 15 is 0 Å². The van der Waals surface area contributed by atoms with E-state index in [1.165, 1.54) is 0 Å². The lowest BCUT2D eigenvalue weighted by Crippen LogP contribution is -2.34. The number of urea groups is 1. The predicted molar refractivity (Wildman–Crippen MR) is 105 cm³/mol. The van der Waals surface area contributed by atoms with Gasteiger partial charge in [-0.3, -0.25) is 0 Å². The molecule has 2 N–H and O–H groups in total. The number of methoxy groups -OCH3 is 1. The van der Waals surface area contributed by atoms with Crippen LogP contribution in [0.5, 0.6) is 11.8 Å². The summed E-state index contributed by atoms with van der Waals surface area (Å²) in [7, 11) is 1.62. The van der Waals surface area contributed by atoms with Crippen LogP contribution in [0.1, 0.15) is 30.9 Å². The molecule has 2 aromatic heterocycles. The predicted octanol–water partition coefficient (Wildman–Crippen LogP) is 2.68. The number of hydrogen-bond acceptors (Lipinski definition) is 6. The summed E-state index contributed by atoms with van der Waals surface area (Å²) in [6, 6.07) is 7.06. The Hall–Kier alpha value is -2.87. The molecule has 8 heteroatoms. The Kier molecular flexibility index (Phi) is 9.57. The van der Waals surface area contributed by atoms with Gasteiger partial charge in [-0.1, -0.05) is 25.5 Å². The zero-order chi connectivity index (χ0) is 20.0. The van der Waals surface area contributed by atoms with Crippen molar-refractivity contribution < 1.29 is 19.0 Å².